The second-order valence-electron chi connectivity index (χ2n) is 11.7. The Morgan fingerprint density at radius 1 is 1.10 bits per heavy atom. The van der Waals surface area contributed by atoms with E-state index in [-0.39, 0.29) is 5.78 Å². The van der Waals surface area contributed by atoms with Crippen molar-refractivity contribution < 1.29 is 24.2 Å². The van der Waals surface area contributed by atoms with Crippen LogP contribution in [0.3, 0.4) is 0 Å². The second kappa shape index (κ2) is 11.4. The van der Waals surface area contributed by atoms with Gasteiger partial charge in [-0.05, 0) is 101 Å². The number of allylic oxidation sites excluding steroid dienone is 1. The van der Waals surface area contributed by atoms with Crippen molar-refractivity contribution in [2.24, 2.45) is 0 Å². The zero-order valence-corrected chi connectivity index (χ0v) is 24.6. The molecule has 0 radical (unpaired) electrons. The fourth-order valence-corrected chi connectivity index (χ4v) is 4.71. The first kappa shape index (κ1) is 29.3. The normalized spacial score (nSPS) is 16.1. The lowest BCUT2D eigenvalue weighted by molar-refractivity contribution is -0.172. The monoisotopic (exact) mass is 544 g/mol. The maximum atomic E-state index is 13.5. The van der Waals surface area contributed by atoms with Gasteiger partial charge in [-0.1, -0.05) is 31.2 Å². The molecule has 1 aromatic heterocycles. The molecule has 0 saturated carbocycles. The standard InChI is InChI=1S/C33H40N2O5/c1-8-32(4,5)40-31(38)33(6,7)39-29-21(2)17-23(18-22(29)3)13-14-28(37)26-19-24-11-9-10-12-27(24)34-30(26)35-16-15-25(36)20-35/h9-14,17-19,25,36H,8,15-16,20H2,1-7H3/b14-13+/t25-/m0/s1. The molecule has 212 valence electrons. The average molecular weight is 545 g/mol. The Kier molecular flexibility index (Phi) is 8.36. The van der Waals surface area contributed by atoms with Crippen LogP contribution in [0.2, 0.25) is 0 Å². The molecule has 3 aromatic rings. The summed E-state index contributed by atoms with van der Waals surface area (Å²) in [7, 11) is 0. The van der Waals surface area contributed by atoms with Crippen LogP contribution in [0.25, 0.3) is 17.0 Å². The number of rotatable bonds is 9. The van der Waals surface area contributed by atoms with Gasteiger partial charge in [0.05, 0.1) is 17.2 Å². The number of hydrogen-bond acceptors (Lipinski definition) is 7. The number of nitrogens with zero attached hydrogens (tertiary/aromatic N) is 2. The first-order valence-corrected chi connectivity index (χ1v) is 13.9. The predicted molar refractivity (Wildman–Crippen MR) is 159 cm³/mol. The fourth-order valence-electron chi connectivity index (χ4n) is 4.71. The van der Waals surface area contributed by atoms with Gasteiger partial charge in [0.25, 0.3) is 0 Å². The topological polar surface area (TPSA) is 89.0 Å². The van der Waals surface area contributed by atoms with E-state index in [9.17, 15) is 14.7 Å². The summed E-state index contributed by atoms with van der Waals surface area (Å²) in [4.78, 5) is 33.1. The zero-order chi connectivity index (χ0) is 29.2. The maximum absolute atomic E-state index is 13.5. The highest BCUT2D eigenvalue weighted by Crippen LogP contribution is 2.31. The number of carbonyl (C=O) groups excluding carboxylic acids is 2. The van der Waals surface area contributed by atoms with Gasteiger partial charge in [0, 0.05) is 18.5 Å². The molecule has 0 aliphatic carbocycles. The molecule has 0 unspecified atom stereocenters. The molecule has 0 bridgehead atoms. The van der Waals surface area contributed by atoms with Crippen molar-refractivity contribution >= 4 is 34.5 Å². The zero-order valence-electron chi connectivity index (χ0n) is 24.6. The predicted octanol–water partition coefficient (Wildman–Crippen LogP) is 6.21. The van der Waals surface area contributed by atoms with Gasteiger partial charge in [-0.15, -0.1) is 0 Å². The number of carbonyl (C=O) groups is 2. The molecular weight excluding hydrogens is 504 g/mol. The smallest absolute Gasteiger partial charge is 0.350 e. The number of fused-ring (bicyclic) bond motifs is 1. The van der Waals surface area contributed by atoms with E-state index in [0.29, 0.717) is 43.1 Å². The van der Waals surface area contributed by atoms with Crippen LogP contribution in [0.15, 0.2) is 48.5 Å². The van der Waals surface area contributed by atoms with Crippen molar-refractivity contribution in [1.29, 1.82) is 0 Å². The number of β-amino-alcohol motifs (C(OH)–C–C–N with tert-alkyl or cyclic N) is 1. The Bertz CT molecular complexity index is 1430. The van der Waals surface area contributed by atoms with Crippen LogP contribution in [0.5, 0.6) is 5.75 Å². The van der Waals surface area contributed by atoms with Gasteiger partial charge in [-0.3, -0.25) is 4.79 Å². The number of para-hydroxylation sites is 1. The van der Waals surface area contributed by atoms with Gasteiger partial charge < -0.3 is 19.5 Å². The lowest BCUT2D eigenvalue weighted by atomic mass is 10.0. The number of esters is 1. The minimum absolute atomic E-state index is 0.160. The van der Waals surface area contributed by atoms with Crippen LogP contribution < -0.4 is 9.64 Å². The second-order valence-corrected chi connectivity index (χ2v) is 11.7. The van der Waals surface area contributed by atoms with Gasteiger partial charge >= 0.3 is 5.97 Å². The lowest BCUT2D eigenvalue weighted by Crippen LogP contribution is -2.44. The summed E-state index contributed by atoms with van der Waals surface area (Å²) in [5.74, 6) is 0.639. The number of hydrogen-bond donors (Lipinski definition) is 1. The summed E-state index contributed by atoms with van der Waals surface area (Å²) in [6, 6.07) is 13.5. The van der Waals surface area contributed by atoms with Crippen LogP contribution in [-0.2, 0) is 9.53 Å². The molecule has 0 amide bonds. The van der Waals surface area contributed by atoms with Gasteiger partial charge in [-0.2, -0.15) is 0 Å². The van der Waals surface area contributed by atoms with Crippen molar-refractivity contribution in [2.75, 3.05) is 18.0 Å². The third-order valence-corrected chi connectivity index (χ3v) is 7.41. The number of pyridine rings is 1. The molecule has 1 aliphatic heterocycles. The number of aryl methyl sites for hydroxylation is 2. The summed E-state index contributed by atoms with van der Waals surface area (Å²) in [6.07, 6.45) is 4.26. The molecule has 1 fully saturated rings. The van der Waals surface area contributed by atoms with Crippen LogP contribution in [0, 0.1) is 13.8 Å². The number of anilines is 1. The van der Waals surface area contributed by atoms with E-state index in [1.165, 1.54) is 0 Å². The molecule has 2 heterocycles. The Hall–Kier alpha value is -3.71. The Morgan fingerprint density at radius 2 is 1.77 bits per heavy atom. The highest BCUT2D eigenvalue weighted by molar-refractivity contribution is 6.11. The van der Waals surface area contributed by atoms with E-state index >= 15 is 0 Å². The fraction of sp³-hybridized carbons (Fsp3) is 0.424. The third kappa shape index (κ3) is 6.53. The molecule has 1 N–H and O–H groups in total. The summed E-state index contributed by atoms with van der Waals surface area (Å²) in [5.41, 5.74) is 2.12. The van der Waals surface area contributed by atoms with Crippen molar-refractivity contribution in [3.8, 4) is 5.75 Å². The number of ketones is 1. The van der Waals surface area contributed by atoms with Crippen molar-refractivity contribution in [3.63, 3.8) is 0 Å². The Balaban J connectivity index is 1.58. The first-order chi connectivity index (χ1) is 18.8. The third-order valence-electron chi connectivity index (χ3n) is 7.41. The number of ether oxygens (including phenoxy) is 2. The molecule has 1 saturated heterocycles. The van der Waals surface area contributed by atoms with Crippen LogP contribution in [0.4, 0.5) is 5.82 Å². The Morgan fingerprint density at radius 3 is 2.40 bits per heavy atom. The molecule has 40 heavy (non-hydrogen) atoms. The lowest BCUT2D eigenvalue weighted by Gasteiger charge is -2.31. The van der Waals surface area contributed by atoms with Gasteiger partial charge in [-0.25, -0.2) is 9.78 Å². The van der Waals surface area contributed by atoms with Crippen molar-refractivity contribution in [1.82, 2.24) is 4.98 Å². The number of aromatic nitrogens is 1. The molecule has 4 rings (SSSR count). The highest BCUT2D eigenvalue weighted by atomic mass is 16.6. The van der Waals surface area contributed by atoms with E-state index in [1.54, 1.807) is 26.0 Å². The SMILES string of the molecule is CCC(C)(C)OC(=O)C(C)(C)Oc1c(C)cc(/C=C/C(=O)c2cc3ccccc3nc2N2CC[C@H](O)C2)cc1C. The van der Waals surface area contributed by atoms with Crippen molar-refractivity contribution in [2.45, 2.75) is 78.6 Å². The van der Waals surface area contributed by atoms with Gasteiger partial charge in [0.15, 0.2) is 11.4 Å². The van der Waals surface area contributed by atoms with Crippen LogP contribution in [-0.4, -0.2) is 52.2 Å². The molecule has 2 aromatic carbocycles. The van der Waals surface area contributed by atoms with Gasteiger partial charge in [0.1, 0.15) is 17.2 Å². The maximum Gasteiger partial charge on any atom is 0.350 e. The van der Waals surface area contributed by atoms with Crippen molar-refractivity contribution in [3.05, 3.63) is 70.8 Å². The average Bonchev–Trinajstić information content (AvgIpc) is 3.34. The molecule has 1 aliphatic rings. The molecule has 1 atom stereocenters. The molecular formula is C33H40N2O5. The summed E-state index contributed by atoms with van der Waals surface area (Å²) < 4.78 is 11.9. The van der Waals surface area contributed by atoms with Crippen LogP contribution in [0.1, 0.15) is 74.5 Å². The number of aliphatic hydroxyl groups excluding tert-OH is 1. The summed E-state index contributed by atoms with van der Waals surface area (Å²) in [6.45, 7) is 14.1. The summed E-state index contributed by atoms with van der Waals surface area (Å²) >= 11 is 0. The van der Waals surface area contributed by atoms with Crippen LogP contribution >= 0.6 is 0 Å². The largest absolute Gasteiger partial charge is 0.476 e. The van der Waals surface area contributed by atoms with E-state index < -0.39 is 23.3 Å². The van der Waals surface area contributed by atoms with E-state index in [2.05, 4.69) is 0 Å². The molecule has 0 spiro atoms. The molecule has 7 nitrogen and oxygen atoms in total. The number of aliphatic hydroxyl groups is 1. The van der Waals surface area contributed by atoms with E-state index in [1.807, 2.05) is 82.0 Å². The van der Waals surface area contributed by atoms with E-state index in [0.717, 1.165) is 27.6 Å². The first-order valence-electron chi connectivity index (χ1n) is 13.9. The minimum Gasteiger partial charge on any atom is -0.476 e. The quantitative estimate of drug-likeness (QED) is 0.195. The van der Waals surface area contributed by atoms with Gasteiger partial charge in [0.2, 0.25) is 0 Å². The Labute approximate surface area is 236 Å². The molecule has 7 heteroatoms. The van der Waals surface area contributed by atoms with E-state index in [4.69, 9.17) is 14.5 Å². The highest BCUT2D eigenvalue weighted by Gasteiger charge is 2.36. The minimum atomic E-state index is -1.17. The number of benzene rings is 2. The summed E-state index contributed by atoms with van der Waals surface area (Å²) in [5, 5.41) is 11.0.